The summed E-state index contributed by atoms with van der Waals surface area (Å²) in [6, 6.07) is 40.6. The summed E-state index contributed by atoms with van der Waals surface area (Å²) in [7, 11) is 0. The molecule has 1 nitrogen and oxygen atoms in total. The SMILES string of the molecule is CCc1c2ccccc2cc2c1ccc1c(-c3c4ccccc4c(C4=CN=CC(C)CC=C4)c4ccccc34)cccc12. The number of nitrogens with zero attached hydrogens (tertiary/aromatic N) is 1. The van der Waals surface area contributed by atoms with Gasteiger partial charge in [-0.1, -0.05) is 129 Å². The van der Waals surface area contributed by atoms with Gasteiger partial charge in [0.15, 0.2) is 0 Å². The molecule has 0 bridgehead atoms. The highest BCUT2D eigenvalue weighted by molar-refractivity contribution is 6.24. The summed E-state index contributed by atoms with van der Waals surface area (Å²) in [6.45, 7) is 4.49. The van der Waals surface area contributed by atoms with E-state index in [-0.39, 0.29) is 0 Å². The first kappa shape index (κ1) is 25.7. The molecular formula is C42H33N. The number of allylic oxidation sites excluding steroid dienone is 3. The predicted molar refractivity (Wildman–Crippen MR) is 188 cm³/mol. The number of hydrogen-bond donors (Lipinski definition) is 0. The maximum absolute atomic E-state index is 4.73. The summed E-state index contributed by atoms with van der Waals surface area (Å²) < 4.78 is 0. The molecular weight excluding hydrogens is 518 g/mol. The normalized spacial score (nSPS) is 15.4. The zero-order valence-corrected chi connectivity index (χ0v) is 24.6. The molecule has 1 aliphatic rings. The summed E-state index contributed by atoms with van der Waals surface area (Å²) in [5.74, 6) is 0.443. The maximum Gasteiger partial charge on any atom is 0.0342 e. The number of hydrogen-bond acceptors (Lipinski definition) is 1. The average Bonchev–Trinajstić information content (AvgIpc) is 3.04. The second-order valence-electron chi connectivity index (χ2n) is 11.8. The lowest BCUT2D eigenvalue weighted by atomic mass is 9.83. The Morgan fingerprint density at radius 3 is 1.95 bits per heavy atom. The van der Waals surface area contributed by atoms with Gasteiger partial charge in [0.05, 0.1) is 0 Å². The van der Waals surface area contributed by atoms with E-state index in [1.54, 1.807) is 0 Å². The van der Waals surface area contributed by atoms with Gasteiger partial charge in [-0.25, -0.2) is 0 Å². The van der Waals surface area contributed by atoms with Crippen molar-refractivity contribution in [3.63, 3.8) is 0 Å². The molecule has 0 spiro atoms. The molecule has 1 unspecified atom stereocenters. The molecule has 0 aliphatic carbocycles. The molecule has 7 aromatic carbocycles. The Morgan fingerprint density at radius 2 is 1.23 bits per heavy atom. The van der Waals surface area contributed by atoms with E-state index >= 15 is 0 Å². The largest absolute Gasteiger partial charge is 0.268 e. The smallest absolute Gasteiger partial charge is 0.0342 e. The van der Waals surface area contributed by atoms with Crippen LogP contribution in [0, 0.1) is 5.92 Å². The first-order chi connectivity index (χ1) is 21.2. The van der Waals surface area contributed by atoms with Crippen LogP contribution in [-0.2, 0) is 6.42 Å². The standard InChI is InChI=1S/C42H33N/c1-3-30-31-15-5-4-13-28(31)24-40-32-20-11-21-35(34(32)23-22-33(30)40)42-38-18-8-6-16-36(38)41(37-17-7-9-19-39(37)42)29-14-10-12-27(2)25-43-26-29/h4-11,13-27H,3,12H2,1-2H3. The van der Waals surface area contributed by atoms with Crippen molar-refractivity contribution in [2.75, 3.05) is 0 Å². The average molecular weight is 552 g/mol. The molecule has 0 fully saturated rings. The van der Waals surface area contributed by atoms with E-state index in [1.165, 1.54) is 76.1 Å². The fraction of sp³-hybridized carbons (Fsp3) is 0.119. The zero-order chi connectivity index (χ0) is 28.9. The highest BCUT2D eigenvalue weighted by atomic mass is 14.7. The first-order valence-electron chi connectivity index (χ1n) is 15.4. The summed E-state index contributed by atoms with van der Waals surface area (Å²) in [5.41, 5.74) is 6.41. The van der Waals surface area contributed by atoms with Crippen LogP contribution in [0.3, 0.4) is 0 Å². The zero-order valence-electron chi connectivity index (χ0n) is 24.6. The molecule has 7 aromatic rings. The molecule has 43 heavy (non-hydrogen) atoms. The minimum Gasteiger partial charge on any atom is -0.268 e. The van der Waals surface area contributed by atoms with E-state index in [0.29, 0.717) is 5.92 Å². The van der Waals surface area contributed by atoms with Crippen molar-refractivity contribution in [2.45, 2.75) is 26.7 Å². The third-order valence-electron chi connectivity index (χ3n) is 9.22. The second-order valence-corrected chi connectivity index (χ2v) is 11.8. The maximum atomic E-state index is 4.73. The van der Waals surface area contributed by atoms with Crippen LogP contribution in [0.1, 0.15) is 31.4 Å². The highest BCUT2D eigenvalue weighted by Gasteiger charge is 2.19. The molecule has 1 aliphatic heterocycles. The van der Waals surface area contributed by atoms with Gasteiger partial charge in [0.1, 0.15) is 0 Å². The predicted octanol–water partition coefficient (Wildman–Crippen LogP) is 11.7. The molecule has 1 atom stereocenters. The van der Waals surface area contributed by atoms with Crippen LogP contribution in [0.2, 0.25) is 0 Å². The van der Waals surface area contributed by atoms with E-state index in [0.717, 1.165) is 18.4 Å². The lowest BCUT2D eigenvalue weighted by Crippen LogP contribution is -1.97. The second kappa shape index (κ2) is 10.4. The molecule has 0 N–H and O–H groups in total. The Labute approximate surface area is 252 Å². The van der Waals surface area contributed by atoms with Gasteiger partial charge in [0.2, 0.25) is 0 Å². The summed E-state index contributed by atoms with van der Waals surface area (Å²) in [4.78, 5) is 4.73. The van der Waals surface area contributed by atoms with Gasteiger partial charge >= 0.3 is 0 Å². The fourth-order valence-electron chi connectivity index (χ4n) is 7.26. The van der Waals surface area contributed by atoms with Crippen molar-refractivity contribution in [2.24, 2.45) is 10.9 Å². The highest BCUT2D eigenvalue weighted by Crippen LogP contribution is 2.45. The van der Waals surface area contributed by atoms with Crippen LogP contribution in [0.5, 0.6) is 0 Å². The minimum absolute atomic E-state index is 0.443. The van der Waals surface area contributed by atoms with Gasteiger partial charge in [0.25, 0.3) is 0 Å². The summed E-state index contributed by atoms with van der Waals surface area (Å²) in [5, 5.41) is 13.0. The first-order valence-corrected chi connectivity index (χ1v) is 15.4. The third kappa shape index (κ3) is 4.11. The van der Waals surface area contributed by atoms with Gasteiger partial charge in [0, 0.05) is 18.0 Å². The van der Waals surface area contributed by atoms with E-state index in [2.05, 4.69) is 141 Å². The van der Waals surface area contributed by atoms with E-state index < -0.39 is 0 Å². The molecule has 206 valence electrons. The van der Waals surface area contributed by atoms with Crippen LogP contribution in [0.4, 0.5) is 0 Å². The number of rotatable bonds is 3. The van der Waals surface area contributed by atoms with Gasteiger partial charge in [-0.2, -0.15) is 0 Å². The number of aryl methyl sites for hydroxylation is 1. The minimum atomic E-state index is 0.443. The Balaban J connectivity index is 1.48. The topological polar surface area (TPSA) is 12.4 Å². The third-order valence-corrected chi connectivity index (χ3v) is 9.22. The van der Waals surface area contributed by atoms with Crippen molar-refractivity contribution < 1.29 is 0 Å². The van der Waals surface area contributed by atoms with Crippen molar-refractivity contribution in [1.29, 1.82) is 0 Å². The summed E-state index contributed by atoms with van der Waals surface area (Å²) >= 11 is 0. The van der Waals surface area contributed by atoms with Crippen LogP contribution in [-0.4, -0.2) is 6.21 Å². The fourth-order valence-corrected chi connectivity index (χ4v) is 7.26. The number of fused-ring (bicyclic) bond motifs is 6. The Hall–Kier alpha value is -5.01. The monoisotopic (exact) mass is 551 g/mol. The molecule has 0 radical (unpaired) electrons. The number of aliphatic imine (C=N–C) groups is 1. The molecule has 8 rings (SSSR count). The molecule has 0 saturated heterocycles. The molecule has 1 heteroatoms. The quantitative estimate of drug-likeness (QED) is 0.153. The lowest BCUT2D eigenvalue weighted by Gasteiger charge is -2.20. The van der Waals surface area contributed by atoms with Crippen LogP contribution in [0.25, 0.3) is 70.6 Å². The Bertz CT molecular complexity index is 2260. The molecule has 0 aromatic heterocycles. The van der Waals surface area contributed by atoms with Crippen molar-refractivity contribution in [3.05, 3.63) is 139 Å². The molecule has 0 amide bonds. The van der Waals surface area contributed by atoms with Gasteiger partial charge in [-0.3, -0.25) is 4.99 Å². The van der Waals surface area contributed by atoms with Crippen LogP contribution < -0.4 is 0 Å². The van der Waals surface area contributed by atoms with Crippen LogP contribution in [0.15, 0.2) is 133 Å². The van der Waals surface area contributed by atoms with E-state index in [4.69, 9.17) is 4.99 Å². The van der Waals surface area contributed by atoms with Crippen molar-refractivity contribution >= 4 is 65.6 Å². The number of benzene rings is 7. The van der Waals surface area contributed by atoms with Gasteiger partial charge < -0.3 is 0 Å². The molecule has 0 saturated carbocycles. The Morgan fingerprint density at radius 1 is 0.605 bits per heavy atom. The molecule has 1 heterocycles. The van der Waals surface area contributed by atoms with Crippen molar-refractivity contribution in [3.8, 4) is 11.1 Å². The summed E-state index contributed by atoms with van der Waals surface area (Å²) in [6.07, 6.45) is 10.7. The van der Waals surface area contributed by atoms with E-state index in [1.807, 2.05) is 6.20 Å². The van der Waals surface area contributed by atoms with E-state index in [9.17, 15) is 0 Å². The van der Waals surface area contributed by atoms with Crippen molar-refractivity contribution in [1.82, 2.24) is 0 Å². The Kier molecular flexibility index (Phi) is 6.19. The lowest BCUT2D eigenvalue weighted by molar-refractivity contribution is 0.807. The van der Waals surface area contributed by atoms with Gasteiger partial charge in [-0.15, -0.1) is 0 Å². The van der Waals surface area contributed by atoms with Gasteiger partial charge in [-0.05, 0) is 101 Å². The van der Waals surface area contributed by atoms with Crippen LogP contribution >= 0.6 is 0 Å².